The first-order valence-corrected chi connectivity index (χ1v) is 9.29. The number of hydrogen-bond donors (Lipinski definition) is 1. The maximum Gasteiger partial charge on any atom is 0.173 e. The summed E-state index contributed by atoms with van der Waals surface area (Å²) >= 11 is 9.70. The van der Waals surface area contributed by atoms with E-state index in [-0.39, 0.29) is 6.10 Å². The quantitative estimate of drug-likeness (QED) is 0.777. The van der Waals surface area contributed by atoms with Gasteiger partial charge in [-0.1, -0.05) is 11.6 Å². The Morgan fingerprint density at radius 2 is 2.12 bits per heavy atom. The van der Waals surface area contributed by atoms with Gasteiger partial charge in [0.15, 0.2) is 5.79 Å². The smallest absolute Gasteiger partial charge is 0.173 e. The van der Waals surface area contributed by atoms with Crippen molar-refractivity contribution >= 4 is 27.5 Å². The normalized spacial score (nSPS) is 24.0. The van der Waals surface area contributed by atoms with Crippen LogP contribution in [0.5, 0.6) is 5.75 Å². The van der Waals surface area contributed by atoms with Gasteiger partial charge in [0.1, 0.15) is 11.9 Å². The van der Waals surface area contributed by atoms with Gasteiger partial charge in [-0.2, -0.15) is 5.10 Å². The summed E-state index contributed by atoms with van der Waals surface area (Å²) in [6.45, 7) is 1.33. The molecule has 0 bridgehead atoms. The Morgan fingerprint density at radius 1 is 1.29 bits per heavy atom. The van der Waals surface area contributed by atoms with Crippen LogP contribution in [0.15, 0.2) is 16.6 Å². The summed E-state index contributed by atoms with van der Waals surface area (Å²) in [4.78, 5) is 0. The van der Waals surface area contributed by atoms with Crippen molar-refractivity contribution in [3.05, 3.63) is 44.1 Å². The van der Waals surface area contributed by atoms with Crippen molar-refractivity contribution in [1.29, 1.82) is 0 Å². The maximum absolute atomic E-state index is 6.20. The highest BCUT2D eigenvalue weighted by molar-refractivity contribution is 9.10. The third-order valence-corrected chi connectivity index (χ3v) is 5.87. The van der Waals surface area contributed by atoms with Crippen LogP contribution in [0.25, 0.3) is 0 Å². The summed E-state index contributed by atoms with van der Waals surface area (Å²) in [5, 5.41) is 8.42. The summed E-state index contributed by atoms with van der Waals surface area (Å²) in [6.07, 6.45) is 3.14. The molecule has 3 aliphatic rings. The molecule has 1 spiro atoms. The number of nitrogens with one attached hydrogen (secondary N) is 1. The van der Waals surface area contributed by atoms with Crippen LogP contribution in [0.1, 0.15) is 35.0 Å². The zero-order chi connectivity index (χ0) is 16.3. The molecule has 1 fully saturated rings. The number of ether oxygens (including phenoxy) is 3. The average molecular weight is 412 g/mol. The van der Waals surface area contributed by atoms with Crippen molar-refractivity contribution in [2.24, 2.45) is 0 Å². The summed E-state index contributed by atoms with van der Waals surface area (Å²) in [7, 11) is 0. The van der Waals surface area contributed by atoms with Crippen LogP contribution in [-0.2, 0) is 28.7 Å². The lowest BCUT2D eigenvalue weighted by Gasteiger charge is -2.31. The van der Waals surface area contributed by atoms with Gasteiger partial charge >= 0.3 is 0 Å². The largest absolute Gasteiger partial charge is 0.482 e. The highest BCUT2D eigenvalue weighted by Gasteiger charge is 2.43. The second kappa shape index (κ2) is 5.46. The Hall–Kier alpha value is -1.08. The van der Waals surface area contributed by atoms with Crippen LogP contribution in [0.4, 0.5) is 0 Å². The molecule has 0 amide bonds. The first-order chi connectivity index (χ1) is 11.6. The lowest BCUT2D eigenvalue weighted by Crippen LogP contribution is -2.37. The number of fused-ring (bicyclic) bond motifs is 2. The van der Waals surface area contributed by atoms with E-state index in [1.165, 1.54) is 5.56 Å². The van der Waals surface area contributed by atoms with Gasteiger partial charge in [-0.15, -0.1) is 0 Å². The number of halogens is 2. The molecule has 126 valence electrons. The first-order valence-electron chi connectivity index (χ1n) is 8.12. The summed E-state index contributed by atoms with van der Waals surface area (Å²) in [6, 6.07) is 3.83. The fraction of sp³-hybridized carbons (Fsp3) is 0.471. The summed E-state index contributed by atoms with van der Waals surface area (Å²) < 4.78 is 18.9. The second-order valence-corrected chi connectivity index (χ2v) is 7.82. The molecule has 24 heavy (non-hydrogen) atoms. The number of H-pyrrole nitrogens is 1. The Labute approximate surface area is 152 Å². The molecule has 1 atom stereocenters. The van der Waals surface area contributed by atoms with Crippen LogP contribution in [0.3, 0.4) is 0 Å². The number of aromatic amines is 1. The molecule has 5 rings (SSSR count). The van der Waals surface area contributed by atoms with Crippen molar-refractivity contribution in [3.63, 3.8) is 0 Å². The van der Waals surface area contributed by atoms with Crippen LogP contribution < -0.4 is 4.74 Å². The minimum atomic E-state index is -0.471. The van der Waals surface area contributed by atoms with E-state index in [1.807, 2.05) is 12.1 Å². The molecule has 0 saturated carbocycles. The number of hydrogen-bond acceptors (Lipinski definition) is 4. The third-order valence-electron chi connectivity index (χ3n) is 5.06. The van der Waals surface area contributed by atoms with Crippen LogP contribution >= 0.6 is 27.5 Å². The molecule has 2 aromatic rings. The Morgan fingerprint density at radius 3 is 2.96 bits per heavy atom. The Balaban J connectivity index is 1.48. The Bertz CT molecular complexity index is 816. The van der Waals surface area contributed by atoms with Crippen molar-refractivity contribution < 1.29 is 14.2 Å². The number of nitrogens with zero attached hydrogens (tertiary/aromatic N) is 1. The summed E-state index contributed by atoms with van der Waals surface area (Å²) in [5.41, 5.74) is 4.43. The van der Waals surface area contributed by atoms with Gasteiger partial charge in [-0.05, 0) is 34.5 Å². The maximum atomic E-state index is 6.20. The summed E-state index contributed by atoms with van der Waals surface area (Å²) in [5.74, 6) is 0.396. The number of benzene rings is 1. The highest BCUT2D eigenvalue weighted by atomic mass is 79.9. The van der Waals surface area contributed by atoms with E-state index in [4.69, 9.17) is 25.8 Å². The molecule has 5 nitrogen and oxygen atoms in total. The van der Waals surface area contributed by atoms with E-state index >= 15 is 0 Å². The molecule has 7 heteroatoms. The molecule has 0 radical (unpaired) electrons. The fourth-order valence-electron chi connectivity index (χ4n) is 3.94. The van der Waals surface area contributed by atoms with Gasteiger partial charge in [-0.25, -0.2) is 0 Å². The fourth-order valence-corrected chi connectivity index (χ4v) is 4.91. The minimum absolute atomic E-state index is 0.0810. The van der Waals surface area contributed by atoms with Crippen molar-refractivity contribution in [2.75, 3.05) is 13.2 Å². The predicted molar refractivity (Wildman–Crippen MR) is 91.5 cm³/mol. The zero-order valence-corrected chi connectivity index (χ0v) is 15.2. The van der Waals surface area contributed by atoms with Crippen LogP contribution in [0, 0.1) is 0 Å². The van der Waals surface area contributed by atoms with E-state index in [0.717, 1.165) is 52.9 Å². The van der Waals surface area contributed by atoms with E-state index in [9.17, 15) is 0 Å². The van der Waals surface area contributed by atoms with E-state index in [2.05, 4.69) is 26.1 Å². The van der Waals surface area contributed by atoms with E-state index in [0.29, 0.717) is 18.2 Å². The standard InChI is InChI=1S/C17H16BrClN2O3/c18-12-7-10(19)5-9-6-14(24-16(9)12)15-11-8-17(22-3-4-23-17)2-1-13(11)20-21-15/h5,7,14H,1-4,6,8H2,(H,20,21). The lowest BCUT2D eigenvalue weighted by molar-refractivity contribution is -0.164. The highest BCUT2D eigenvalue weighted by Crippen LogP contribution is 2.45. The average Bonchev–Trinajstić information content (AvgIpc) is 3.25. The van der Waals surface area contributed by atoms with Gasteiger partial charge in [0.25, 0.3) is 0 Å². The monoisotopic (exact) mass is 410 g/mol. The Kier molecular flexibility index (Phi) is 3.46. The van der Waals surface area contributed by atoms with Gasteiger partial charge < -0.3 is 14.2 Å². The van der Waals surface area contributed by atoms with Crippen LogP contribution in [0.2, 0.25) is 5.02 Å². The number of aryl methyl sites for hydroxylation is 1. The van der Waals surface area contributed by atoms with E-state index in [1.54, 1.807) is 0 Å². The van der Waals surface area contributed by atoms with Crippen molar-refractivity contribution in [1.82, 2.24) is 10.2 Å². The third kappa shape index (κ3) is 2.31. The van der Waals surface area contributed by atoms with Gasteiger partial charge in [-0.3, -0.25) is 5.10 Å². The molecule has 1 saturated heterocycles. The number of aromatic nitrogens is 2. The zero-order valence-electron chi connectivity index (χ0n) is 12.9. The molecule has 1 aliphatic carbocycles. The molecule has 1 aromatic heterocycles. The van der Waals surface area contributed by atoms with Crippen LogP contribution in [-0.4, -0.2) is 29.2 Å². The topological polar surface area (TPSA) is 56.4 Å². The molecule has 3 heterocycles. The lowest BCUT2D eigenvalue weighted by atomic mass is 9.89. The molecule has 1 aromatic carbocycles. The molecule has 1 unspecified atom stereocenters. The molecular formula is C17H16BrClN2O3. The van der Waals surface area contributed by atoms with Crippen molar-refractivity contribution in [2.45, 2.75) is 37.6 Å². The molecule has 1 N–H and O–H groups in total. The minimum Gasteiger partial charge on any atom is -0.482 e. The van der Waals surface area contributed by atoms with Gasteiger partial charge in [0.2, 0.25) is 0 Å². The first kappa shape index (κ1) is 15.2. The second-order valence-electron chi connectivity index (χ2n) is 6.53. The molecule has 2 aliphatic heterocycles. The van der Waals surface area contributed by atoms with E-state index < -0.39 is 5.79 Å². The van der Waals surface area contributed by atoms with Crippen molar-refractivity contribution in [3.8, 4) is 5.75 Å². The van der Waals surface area contributed by atoms with Gasteiger partial charge in [0.05, 0.1) is 29.1 Å². The predicted octanol–water partition coefficient (Wildman–Crippen LogP) is 3.73. The SMILES string of the molecule is Clc1cc(Br)c2c(c1)CC(c1[nH]nc3c1CC1(CC3)OCCO1)O2. The number of rotatable bonds is 1. The molecular weight excluding hydrogens is 396 g/mol. The van der Waals surface area contributed by atoms with Gasteiger partial charge in [0, 0.05) is 35.4 Å².